The van der Waals surface area contributed by atoms with Gasteiger partial charge < -0.3 is 9.73 Å². The van der Waals surface area contributed by atoms with Gasteiger partial charge in [-0.05, 0) is 43.1 Å². The van der Waals surface area contributed by atoms with E-state index in [0.717, 1.165) is 37.3 Å². The third kappa shape index (κ3) is 2.97. The number of aryl methyl sites for hydroxylation is 1. The summed E-state index contributed by atoms with van der Waals surface area (Å²) in [5.74, 6) is 0.937. The molecule has 0 amide bonds. The molecule has 2 rings (SSSR count). The van der Waals surface area contributed by atoms with Crippen LogP contribution in [0, 0.1) is 0 Å². The molecule has 1 atom stereocenters. The summed E-state index contributed by atoms with van der Waals surface area (Å²) in [6.07, 6.45) is 4.85. The van der Waals surface area contributed by atoms with Gasteiger partial charge in [-0.1, -0.05) is 24.8 Å². The summed E-state index contributed by atoms with van der Waals surface area (Å²) in [4.78, 5) is 1.18. The first kappa shape index (κ1) is 13.2. The molecular formula is C13H19N3OS. The normalized spacial score (nSPS) is 12.8. The third-order valence-electron chi connectivity index (χ3n) is 2.76. The Morgan fingerprint density at radius 1 is 1.39 bits per heavy atom. The van der Waals surface area contributed by atoms with Gasteiger partial charge in [0, 0.05) is 0 Å². The maximum atomic E-state index is 5.54. The molecule has 0 spiro atoms. The Morgan fingerprint density at radius 3 is 2.94 bits per heavy atom. The predicted octanol–water partition coefficient (Wildman–Crippen LogP) is 3.17. The molecule has 98 valence electrons. The average Bonchev–Trinajstić information content (AvgIpc) is 3.02. The predicted molar refractivity (Wildman–Crippen MR) is 72.7 cm³/mol. The third-order valence-corrected chi connectivity index (χ3v) is 3.59. The summed E-state index contributed by atoms with van der Waals surface area (Å²) in [6.45, 7) is 5.27. The highest BCUT2D eigenvalue weighted by atomic mass is 32.1. The van der Waals surface area contributed by atoms with Gasteiger partial charge in [-0.2, -0.15) is 0 Å². The second-order valence-electron chi connectivity index (χ2n) is 4.24. The summed E-state index contributed by atoms with van der Waals surface area (Å²) in [5.41, 5.74) is 1.09. The zero-order valence-corrected chi connectivity index (χ0v) is 11.7. The number of rotatable bonds is 7. The van der Waals surface area contributed by atoms with E-state index < -0.39 is 0 Å². The van der Waals surface area contributed by atoms with Crippen LogP contribution in [-0.4, -0.2) is 16.1 Å². The van der Waals surface area contributed by atoms with Crippen molar-refractivity contribution in [2.75, 3.05) is 6.54 Å². The van der Waals surface area contributed by atoms with Crippen LogP contribution in [0.1, 0.15) is 49.1 Å². The maximum Gasteiger partial charge on any atom is 0.126 e. The van der Waals surface area contributed by atoms with Crippen LogP contribution in [0.25, 0.3) is 0 Å². The molecule has 18 heavy (non-hydrogen) atoms. The van der Waals surface area contributed by atoms with Crippen molar-refractivity contribution >= 4 is 11.5 Å². The minimum Gasteiger partial charge on any atom is -0.467 e. The first-order valence-electron chi connectivity index (χ1n) is 6.44. The molecule has 1 N–H and O–H groups in total. The molecule has 0 aromatic carbocycles. The average molecular weight is 265 g/mol. The highest BCUT2D eigenvalue weighted by Gasteiger charge is 2.22. The number of hydrogen-bond donors (Lipinski definition) is 1. The highest BCUT2D eigenvalue weighted by molar-refractivity contribution is 7.05. The Hall–Kier alpha value is -1.20. The second kappa shape index (κ2) is 6.66. The first-order chi connectivity index (χ1) is 8.86. The van der Waals surface area contributed by atoms with Crippen LogP contribution in [0.5, 0.6) is 0 Å². The molecule has 5 heteroatoms. The quantitative estimate of drug-likeness (QED) is 0.835. The van der Waals surface area contributed by atoms with Crippen molar-refractivity contribution in [1.29, 1.82) is 0 Å². The van der Waals surface area contributed by atoms with Crippen LogP contribution < -0.4 is 5.32 Å². The molecule has 0 fully saturated rings. The van der Waals surface area contributed by atoms with E-state index in [0.29, 0.717) is 0 Å². The van der Waals surface area contributed by atoms with Crippen LogP contribution in [0.2, 0.25) is 0 Å². The van der Waals surface area contributed by atoms with Crippen molar-refractivity contribution in [2.45, 2.75) is 39.2 Å². The molecular weight excluding hydrogens is 246 g/mol. The minimum atomic E-state index is 0.0847. The summed E-state index contributed by atoms with van der Waals surface area (Å²) < 4.78 is 9.63. The molecule has 2 aromatic rings. The van der Waals surface area contributed by atoms with Gasteiger partial charge in [0.1, 0.15) is 11.8 Å². The summed E-state index contributed by atoms with van der Waals surface area (Å²) >= 11 is 1.46. The Balaban J connectivity index is 2.24. The Bertz CT molecular complexity index is 453. The summed E-state index contributed by atoms with van der Waals surface area (Å²) in [6, 6.07) is 4.01. The van der Waals surface area contributed by atoms with Gasteiger partial charge in [0.2, 0.25) is 0 Å². The van der Waals surface area contributed by atoms with Crippen molar-refractivity contribution < 1.29 is 4.42 Å². The van der Waals surface area contributed by atoms with Crippen LogP contribution in [-0.2, 0) is 6.42 Å². The minimum absolute atomic E-state index is 0.0847. The largest absolute Gasteiger partial charge is 0.467 e. The van der Waals surface area contributed by atoms with E-state index in [-0.39, 0.29) is 6.04 Å². The van der Waals surface area contributed by atoms with Gasteiger partial charge in [-0.25, -0.2) is 0 Å². The number of hydrogen-bond acceptors (Lipinski definition) is 5. The molecule has 0 saturated heterocycles. The Morgan fingerprint density at radius 2 is 2.28 bits per heavy atom. The Labute approximate surface area is 112 Å². The SMILES string of the molecule is CCCNC(c1ccco1)c1snnc1CCC. The smallest absolute Gasteiger partial charge is 0.126 e. The van der Waals surface area contributed by atoms with Crippen molar-refractivity contribution in [3.8, 4) is 0 Å². The van der Waals surface area contributed by atoms with Crippen LogP contribution in [0.3, 0.4) is 0 Å². The van der Waals surface area contributed by atoms with Gasteiger partial charge in [0.25, 0.3) is 0 Å². The van der Waals surface area contributed by atoms with Crippen molar-refractivity contribution in [3.05, 3.63) is 34.7 Å². The molecule has 2 heterocycles. The van der Waals surface area contributed by atoms with Crippen molar-refractivity contribution in [2.24, 2.45) is 0 Å². The van der Waals surface area contributed by atoms with E-state index in [1.54, 1.807) is 6.26 Å². The van der Waals surface area contributed by atoms with E-state index in [9.17, 15) is 0 Å². The fourth-order valence-electron chi connectivity index (χ4n) is 1.91. The molecule has 0 bridgehead atoms. The molecule has 0 radical (unpaired) electrons. The van der Waals surface area contributed by atoms with Gasteiger partial charge in [0.15, 0.2) is 0 Å². The van der Waals surface area contributed by atoms with E-state index in [4.69, 9.17) is 4.42 Å². The monoisotopic (exact) mass is 265 g/mol. The van der Waals surface area contributed by atoms with Crippen LogP contribution in [0.15, 0.2) is 22.8 Å². The molecule has 0 saturated carbocycles. The second-order valence-corrected chi connectivity index (χ2v) is 5.02. The van der Waals surface area contributed by atoms with Crippen LogP contribution >= 0.6 is 11.5 Å². The zero-order chi connectivity index (χ0) is 12.8. The molecule has 0 aliphatic rings. The van der Waals surface area contributed by atoms with E-state index in [2.05, 4.69) is 28.8 Å². The van der Waals surface area contributed by atoms with Gasteiger partial charge in [0.05, 0.1) is 16.8 Å². The van der Waals surface area contributed by atoms with Crippen molar-refractivity contribution in [3.63, 3.8) is 0 Å². The molecule has 2 aromatic heterocycles. The highest BCUT2D eigenvalue weighted by Crippen LogP contribution is 2.28. The number of nitrogens with zero attached hydrogens (tertiary/aromatic N) is 2. The fourth-order valence-corrected chi connectivity index (χ4v) is 2.69. The van der Waals surface area contributed by atoms with Gasteiger partial charge in [-0.15, -0.1) is 5.10 Å². The molecule has 0 aliphatic carbocycles. The van der Waals surface area contributed by atoms with Crippen molar-refractivity contribution in [1.82, 2.24) is 14.9 Å². The standard InChI is InChI=1S/C13H19N3OS/c1-3-6-10-13(18-16-15-10)12(14-8-4-2)11-7-5-9-17-11/h5,7,9,12,14H,3-4,6,8H2,1-2H3. The Kier molecular flexibility index (Phi) is 4.90. The summed E-state index contributed by atoms with van der Waals surface area (Å²) in [7, 11) is 0. The molecule has 4 nitrogen and oxygen atoms in total. The number of nitrogens with one attached hydrogen (secondary N) is 1. The lowest BCUT2D eigenvalue weighted by Gasteiger charge is -2.15. The number of furan rings is 1. The molecule has 1 unspecified atom stereocenters. The van der Waals surface area contributed by atoms with E-state index in [1.807, 2.05) is 12.1 Å². The lowest BCUT2D eigenvalue weighted by molar-refractivity contribution is 0.448. The van der Waals surface area contributed by atoms with E-state index in [1.165, 1.54) is 16.4 Å². The first-order valence-corrected chi connectivity index (χ1v) is 7.22. The topological polar surface area (TPSA) is 51.0 Å². The fraction of sp³-hybridized carbons (Fsp3) is 0.538. The van der Waals surface area contributed by atoms with E-state index >= 15 is 0 Å². The molecule has 0 aliphatic heterocycles. The number of aromatic nitrogens is 2. The lowest BCUT2D eigenvalue weighted by Crippen LogP contribution is -2.23. The lowest BCUT2D eigenvalue weighted by atomic mass is 10.1. The van der Waals surface area contributed by atoms with Gasteiger partial charge >= 0.3 is 0 Å². The van der Waals surface area contributed by atoms with Crippen LogP contribution in [0.4, 0.5) is 0 Å². The maximum absolute atomic E-state index is 5.54. The summed E-state index contributed by atoms with van der Waals surface area (Å²) in [5, 5.41) is 7.74. The zero-order valence-electron chi connectivity index (χ0n) is 10.8. The van der Waals surface area contributed by atoms with Gasteiger partial charge in [-0.3, -0.25) is 0 Å².